The van der Waals surface area contributed by atoms with Gasteiger partial charge < -0.3 is 16.0 Å². The van der Waals surface area contributed by atoms with Crippen LogP contribution in [0, 0.1) is 0 Å². The molecule has 3 heterocycles. The van der Waals surface area contributed by atoms with Crippen molar-refractivity contribution < 1.29 is 4.79 Å². The van der Waals surface area contributed by atoms with E-state index < -0.39 is 5.91 Å². The van der Waals surface area contributed by atoms with E-state index in [0.717, 1.165) is 31.0 Å². The summed E-state index contributed by atoms with van der Waals surface area (Å²) in [6.07, 6.45) is 1.13. The van der Waals surface area contributed by atoms with Crippen LogP contribution in [0.25, 0.3) is 0 Å². The minimum atomic E-state index is -0.479. The minimum Gasteiger partial charge on any atom is -0.366 e. The largest absolute Gasteiger partial charge is 0.366 e. The lowest BCUT2D eigenvalue weighted by atomic mass is 10.2. The number of hydrogen-bond acceptors (Lipinski definition) is 4. The molecule has 1 atom stereocenters. The Labute approximate surface area is 87.3 Å². The zero-order valence-corrected chi connectivity index (χ0v) is 8.23. The Hall–Kier alpha value is -1.78. The number of nitrogens with zero attached hydrogens (tertiary/aromatic N) is 2. The Morgan fingerprint density at radius 3 is 3.27 bits per heavy atom. The monoisotopic (exact) mass is 204 g/mol. The molecule has 1 amide bonds. The van der Waals surface area contributed by atoms with E-state index in [1.54, 1.807) is 6.07 Å². The minimum absolute atomic E-state index is 0.323. The molecule has 1 aromatic rings. The van der Waals surface area contributed by atoms with Gasteiger partial charge in [-0.05, 0) is 18.6 Å². The number of carbonyl (C=O) groups excluding carboxylic acids is 1. The van der Waals surface area contributed by atoms with Gasteiger partial charge in [0.25, 0.3) is 5.91 Å². The first kappa shape index (κ1) is 8.52. The molecule has 78 valence electrons. The van der Waals surface area contributed by atoms with Gasteiger partial charge >= 0.3 is 0 Å². The second-order valence-corrected chi connectivity index (χ2v) is 4.00. The van der Waals surface area contributed by atoms with Gasteiger partial charge in [0.1, 0.15) is 5.69 Å². The average Bonchev–Trinajstić information content (AvgIpc) is 2.60. The molecule has 0 saturated carbocycles. The van der Waals surface area contributed by atoms with Crippen LogP contribution in [-0.4, -0.2) is 30.0 Å². The van der Waals surface area contributed by atoms with Crippen LogP contribution in [0.15, 0.2) is 12.1 Å². The Kier molecular flexibility index (Phi) is 1.62. The van der Waals surface area contributed by atoms with Gasteiger partial charge in [-0.3, -0.25) is 4.79 Å². The van der Waals surface area contributed by atoms with Gasteiger partial charge in [0.05, 0.1) is 5.69 Å². The summed E-state index contributed by atoms with van der Waals surface area (Å²) in [5, 5.41) is 3.32. The van der Waals surface area contributed by atoms with E-state index in [-0.39, 0.29) is 0 Å². The van der Waals surface area contributed by atoms with Crippen LogP contribution in [0.4, 0.5) is 11.5 Å². The predicted molar refractivity (Wildman–Crippen MR) is 57.0 cm³/mol. The van der Waals surface area contributed by atoms with Crippen molar-refractivity contribution >= 4 is 17.4 Å². The number of aromatic nitrogens is 1. The first-order valence-corrected chi connectivity index (χ1v) is 5.06. The number of fused-ring (bicyclic) bond motifs is 4. The van der Waals surface area contributed by atoms with Crippen molar-refractivity contribution in [2.75, 3.05) is 23.3 Å². The van der Waals surface area contributed by atoms with Gasteiger partial charge in [-0.25, -0.2) is 4.98 Å². The fourth-order valence-electron chi connectivity index (χ4n) is 2.24. The number of carbonyl (C=O) groups is 1. The van der Waals surface area contributed by atoms with E-state index in [1.807, 2.05) is 6.07 Å². The number of nitrogens with two attached hydrogens (primary N) is 1. The molecule has 0 spiro atoms. The molecule has 0 aliphatic carbocycles. The summed E-state index contributed by atoms with van der Waals surface area (Å²) in [5.74, 6) is 0.313. The van der Waals surface area contributed by atoms with Crippen molar-refractivity contribution in [1.29, 1.82) is 0 Å². The normalized spacial score (nSPS) is 22.1. The average molecular weight is 204 g/mol. The summed E-state index contributed by atoms with van der Waals surface area (Å²) in [6.45, 7) is 2.09. The molecule has 3 N–H and O–H groups in total. The summed E-state index contributed by atoms with van der Waals surface area (Å²) < 4.78 is 0. The summed E-state index contributed by atoms with van der Waals surface area (Å²) in [5.41, 5.74) is 6.59. The SMILES string of the molecule is NC(=O)c1ccc2c(n1)NC1CCN2C1. The fourth-order valence-corrected chi connectivity index (χ4v) is 2.24. The van der Waals surface area contributed by atoms with Gasteiger partial charge in [0.2, 0.25) is 0 Å². The molecule has 2 bridgehead atoms. The maximum atomic E-state index is 11.0. The fraction of sp³-hybridized carbons (Fsp3) is 0.400. The van der Waals surface area contributed by atoms with Crippen molar-refractivity contribution in [1.82, 2.24) is 4.98 Å². The number of nitrogens with one attached hydrogen (secondary N) is 1. The van der Waals surface area contributed by atoms with Crippen LogP contribution < -0.4 is 16.0 Å². The third-order valence-corrected chi connectivity index (χ3v) is 3.00. The maximum absolute atomic E-state index is 11.0. The topological polar surface area (TPSA) is 71.2 Å². The van der Waals surface area contributed by atoms with Gasteiger partial charge in [0.15, 0.2) is 5.82 Å². The van der Waals surface area contributed by atoms with Crippen LogP contribution in [0.5, 0.6) is 0 Å². The summed E-state index contributed by atoms with van der Waals surface area (Å²) in [7, 11) is 0. The molecule has 15 heavy (non-hydrogen) atoms. The molecule has 5 heteroatoms. The summed E-state index contributed by atoms with van der Waals surface area (Å²) in [6, 6.07) is 4.06. The highest BCUT2D eigenvalue weighted by molar-refractivity contribution is 5.92. The highest BCUT2D eigenvalue weighted by Gasteiger charge is 2.30. The zero-order valence-electron chi connectivity index (χ0n) is 8.23. The molecule has 2 aliphatic heterocycles. The standard InChI is InChI=1S/C10H12N4O/c11-9(15)7-1-2-8-10(13-7)12-6-3-4-14(8)5-6/h1-2,6H,3-5H2,(H2,11,15)(H,12,13). The van der Waals surface area contributed by atoms with Crippen molar-refractivity contribution in [2.45, 2.75) is 12.5 Å². The third kappa shape index (κ3) is 1.23. The Morgan fingerprint density at radius 2 is 2.47 bits per heavy atom. The number of pyridine rings is 1. The molecular formula is C10H12N4O. The number of hydrogen-bond donors (Lipinski definition) is 2. The first-order valence-electron chi connectivity index (χ1n) is 5.06. The lowest BCUT2D eigenvalue weighted by molar-refractivity contribution is 0.0995. The Morgan fingerprint density at radius 1 is 1.60 bits per heavy atom. The molecule has 0 radical (unpaired) electrons. The number of anilines is 2. The van der Waals surface area contributed by atoms with Crippen LogP contribution in [0.2, 0.25) is 0 Å². The summed E-state index contributed by atoms with van der Waals surface area (Å²) in [4.78, 5) is 17.5. The van der Waals surface area contributed by atoms with E-state index in [0.29, 0.717) is 11.7 Å². The third-order valence-electron chi connectivity index (χ3n) is 3.00. The molecule has 1 aromatic heterocycles. The summed E-state index contributed by atoms with van der Waals surface area (Å²) >= 11 is 0. The smallest absolute Gasteiger partial charge is 0.267 e. The second kappa shape index (κ2) is 2.85. The van der Waals surface area contributed by atoms with Crippen molar-refractivity contribution in [2.24, 2.45) is 5.73 Å². The van der Waals surface area contributed by atoms with Crippen LogP contribution in [0.3, 0.4) is 0 Å². The Balaban J connectivity index is 2.06. The zero-order chi connectivity index (χ0) is 10.4. The highest BCUT2D eigenvalue weighted by atomic mass is 16.1. The molecule has 0 aromatic carbocycles. The van der Waals surface area contributed by atoms with E-state index in [2.05, 4.69) is 15.2 Å². The van der Waals surface area contributed by atoms with Crippen LogP contribution >= 0.6 is 0 Å². The Bertz CT molecular complexity index is 431. The lowest BCUT2D eigenvalue weighted by Crippen LogP contribution is -2.32. The van der Waals surface area contributed by atoms with Crippen molar-refractivity contribution in [3.05, 3.63) is 17.8 Å². The van der Waals surface area contributed by atoms with Crippen molar-refractivity contribution in [3.8, 4) is 0 Å². The van der Waals surface area contributed by atoms with E-state index in [9.17, 15) is 4.79 Å². The van der Waals surface area contributed by atoms with Crippen LogP contribution in [0.1, 0.15) is 16.9 Å². The van der Waals surface area contributed by atoms with Crippen LogP contribution in [-0.2, 0) is 0 Å². The maximum Gasteiger partial charge on any atom is 0.267 e. The molecule has 1 unspecified atom stereocenters. The van der Waals surface area contributed by atoms with Gasteiger partial charge in [0, 0.05) is 19.1 Å². The molecular weight excluding hydrogens is 192 g/mol. The number of rotatable bonds is 1. The molecule has 2 aliphatic rings. The van der Waals surface area contributed by atoms with E-state index in [4.69, 9.17) is 5.73 Å². The second-order valence-electron chi connectivity index (χ2n) is 4.00. The van der Waals surface area contributed by atoms with Gasteiger partial charge in [-0.1, -0.05) is 0 Å². The number of primary amides is 1. The quantitative estimate of drug-likeness (QED) is 0.684. The number of amides is 1. The van der Waals surface area contributed by atoms with Gasteiger partial charge in [-0.15, -0.1) is 0 Å². The predicted octanol–water partition coefficient (Wildman–Crippen LogP) is 0.185. The van der Waals surface area contributed by atoms with E-state index in [1.165, 1.54) is 0 Å². The molecule has 1 saturated heterocycles. The lowest BCUT2D eigenvalue weighted by Gasteiger charge is -2.27. The first-order chi connectivity index (χ1) is 7.24. The highest BCUT2D eigenvalue weighted by Crippen LogP contribution is 2.33. The molecule has 5 nitrogen and oxygen atoms in total. The van der Waals surface area contributed by atoms with Crippen molar-refractivity contribution in [3.63, 3.8) is 0 Å². The van der Waals surface area contributed by atoms with Gasteiger partial charge in [-0.2, -0.15) is 0 Å². The molecule has 1 fully saturated rings. The van der Waals surface area contributed by atoms with E-state index >= 15 is 0 Å². The molecule has 3 rings (SSSR count).